The Labute approximate surface area is 116 Å². The van der Waals surface area contributed by atoms with Crippen molar-refractivity contribution in [2.75, 3.05) is 0 Å². The fourth-order valence-corrected chi connectivity index (χ4v) is 2.45. The molecule has 1 unspecified atom stereocenters. The van der Waals surface area contributed by atoms with E-state index < -0.39 is 0 Å². The molecule has 0 amide bonds. The summed E-state index contributed by atoms with van der Waals surface area (Å²) in [5.74, 6) is 0.786. The van der Waals surface area contributed by atoms with Gasteiger partial charge in [0.05, 0.1) is 0 Å². The molecule has 0 N–H and O–H groups in total. The van der Waals surface area contributed by atoms with E-state index in [9.17, 15) is 0 Å². The Bertz CT molecular complexity index is 169. The Balaban J connectivity index is 3.11. The highest BCUT2D eigenvalue weighted by molar-refractivity contribution is 4.85. The molecule has 0 aromatic carbocycles. The van der Waals surface area contributed by atoms with Crippen molar-refractivity contribution >= 4 is 0 Å². The van der Waals surface area contributed by atoms with Crippen LogP contribution in [-0.4, -0.2) is 0 Å². The lowest BCUT2D eigenvalue weighted by atomic mass is 10.0. The molecule has 0 heterocycles. The minimum Gasteiger partial charge on any atom is -0.0883 e. The van der Waals surface area contributed by atoms with E-state index >= 15 is 0 Å². The van der Waals surface area contributed by atoms with Crippen LogP contribution in [0.25, 0.3) is 0 Å². The first-order valence-electron chi connectivity index (χ1n) is 8.47. The van der Waals surface area contributed by atoms with Gasteiger partial charge in [-0.1, -0.05) is 90.7 Å². The third-order valence-electron chi connectivity index (χ3n) is 3.68. The molecule has 1 atom stereocenters. The summed E-state index contributed by atoms with van der Waals surface area (Å²) in [6.07, 6.45) is 21.7. The zero-order valence-corrected chi connectivity index (χ0v) is 13.2. The molecule has 0 spiro atoms. The largest absolute Gasteiger partial charge is 0.0883 e. The molecule has 0 aromatic heterocycles. The summed E-state index contributed by atoms with van der Waals surface area (Å²) in [7, 11) is 0. The van der Waals surface area contributed by atoms with Gasteiger partial charge in [0.1, 0.15) is 0 Å². The predicted octanol–water partition coefficient (Wildman–Crippen LogP) is 6.90. The molecule has 0 aliphatic rings. The van der Waals surface area contributed by atoms with Gasteiger partial charge in [-0.05, 0) is 25.2 Å². The van der Waals surface area contributed by atoms with Gasteiger partial charge in [-0.25, -0.2) is 0 Å². The number of hydrogen-bond donors (Lipinski definition) is 0. The van der Waals surface area contributed by atoms with Crippen molar-refractivity contribution in [1.29, 1.82) is 0 Å². The van der Waals surface area contributed by atoms with E-state index in [1.807, 2.05) is 0 Å². The summed E-state index contributed by atoms with van der Waals surface area (Å²) < 4.78 is 0. The van der Waals surface area contributed by atoms with Crippen LogP contribution in [-0.2, 0) is 0 Å². The Hall–Kier alpha value is -0.260. The summed E-state index contributed by atoms with van der Waals surface area (Å²) in [6.45, 7) is 6.88. The highest BCUT2D eigenvalue weighted by Crippen LogP contribution is 2.12. The van der Waals surface area contributed by atoms with E-state index in [-0.39, 0.29) is 0 Å². The quantitative estimate of drug-likeness (QED) is 0.247. The average molecular weight is 252 g/mol. The van der Waals surface area contributed by atoms with Gasteiger partial charge in [0.15, 0.2) is 0 Å². The number of rotatable bonds is 13. The highest BCUT2D eigenvalue weighted by atomic mass is 14.0. The van der Waals surface area contributed by atoms with Crippen LogP contribution < -0.4 is 0 Å². The Morgan fingerprint density at radius 3 is 1.83 bits per heavy atom. The summed E-state index contributed by atoms with van der Waals surface area (Å²) in [4.78, 5) is 0. The number of unbranched alkanes of at least 4 members (excludes halogenated alkanes) is 9. The van der Waals surface area contributed by atoms with Crippen LogP contribution in [0.2, 0.25) is 0 Å². The van der Waals surface area contributed by atoms with Crippen LogP contribution in [0.1, 0.15) is 97.8 Å². The molecule has 0 saturated heterocycles. The van der Waals surface area contributed by atoms with Gasteiger partial charge in [-0.15, -0.1) is 0 Å². The maximum Gasteiger partial charge on any atom is -0.0262 e. The standard InChI is InChI=1S/C18H36/c1-4-6-7-8-9-10-11-12-13-14-15-17-18(3)16-5-2/h15,17-18H,4-14,16H2,1-3H3. The molecule has 0 fully saturated rings. The average Bonchev–Trinajstić information content (AvgIpc) is 2.36. The summed E-state index contributed by atoms with van der Waals surface area (Å²) in [5.41, 5.74) is 0. The molecule has 0 aliphatic heterocycles. The minimum atomic E-state index is 0.786. The van der Waals surface area contributed by atoms with Gasteiger partial charge < -0.3 is 0 Å². The van der Waals surface area contributed by atoms with Gasteiger partial charge in [0.25, 0.3) is 0 Å². The van der Waals surface area contributed by atoms with Crippen LogP contribution in [0.4, 0.5) is 0 Å². The molecular formula is C18H36. The maximum atomic E-state index is 2.41. The molecule has 0 radical (unpaired) electrons. The minimum absolute atomic E-state index is 0.786. The van der Waals surface area contributed by atoms with Gasteiger partial charge in [-0.2, -0.15) is 0 Å². The molecule has 0 saturated carbocycles. The van der Waals surface area contributed by atoms with Crippen LogP contribution in [0.15, 0.2) is 12.2 Å². The highest BCUT2D eigenvalue weighted by Gasteiger charge is 1.94. The van der Waals surface area contributed by atoms with Gasteiger partial charge in [0, 0.05) is 0 Å². The van der Waals surface area contributed by atoms with Crippen molar-refractivity contribution in [3.8, 4) is 0 Å². The van der Waals surface area contributed by atoms with Crippen LogP contribution in [0, 0.1) is 5.92 Å². The zero-order valence-electron chi connectivity index (χ0n) is 13.2. The first kappa shape index (κ1) is 17.7. The zero-order chi connectivity index (χ0) is 13.5. The summed E-state index contributed by atoms with van der Waals surface area (Å²) in [5, 5.41) is 0. The Morgan fingerprint density at radius 1 is 0.722 bits per heavy atom. The lowest BCUT2D eigenvalue weighted by molar-refractivity contribution is 0.565. The first-order chi connectivity index (χ1) is 8.81. The van der Waals surface area contributed by atoms with Crippen molar-refractivity contribution in [3.63, 3.8) is 0 Å². The molecule has 0 bridgehead atoms. The molecule has 0 aromatic rings. The van der Waals surface area contributed by atoms with Crippen molar-refractivity contribution < 1.29 is 0 Å². The lowest BCUT2D eigenvalue weighted by Crippen LogP contribution is -1.87. The Kier molecular flexibility index (Phi) is 14.6. The second kappa shape index (κ2) is 14.8. The predicted molar refractivity (Wildman–Crippen MR) is 85.1 cm³/mol. The number of hydrogen-bond acceptors (Lipinski definition) is 0. The van der Waals surface area contributed by atoms with Crippen molar-refractivity contribution in [2.45, 2.75) is 97.8 Å². The third kappa shape index (κ3) is 13.8. The molecule has 0 rings (SSSR count). The molecule has 0 nitrogen and oxygen atoms in total. The van der Waals surface area contributed by atoms with Gasteiger partial charge in [0.2, 0.25) is 0 Å². The van der Waals surface area contributed by atoms with Crippen LogP contribution in [0.5, 0.6) is 0 Å². The van der Waals surface area contributed by atoms with Crippen molar-refractivity contribution in [1.82, 2.24) is 0 Å². The van der Waals surface area contributed by atoms with E-state index in [1.54, 1.807) is 0 Å². The van der Waals surface area contributed by atoms with E-state index in [1.165, 1.54) is 77.0 Å². The number of allylic oxidation sites excluding steroid dienone is 2. The normalized spacial score (nSPS) is 13.3. The maximum absolute atomic E-state index is 2.41. The van der Waals surface area contributed by atoms with Crippen molar-refractivity contribution in [2.24, 2.45) is 5.92 Å². The molecule has 18 heavy (non-hydrogen) atoms. The molecule has 108 valence electrons. The fraction of sp³-hybridized carbons (Fsp3) is 0.889. The topological polar surface area (TPSA) is 0 Å². The molecular weight excluding hydrogens is 216 g/mol. The second-order valence-corrected chi connectivity index (χ2v) is 5.81. The van der Waals surface area contributed by atoms with Crippen LogP contribution in [0.3, 0.4) is 0 Å². The fourth-order valence-electron chi connectivity index (χ4n) is 2.45. The Morgan fingerprint density at radius 2 is 1.28 bits per heavy atom. The first-order valence-corrected chi connectivity index (χ1v) is 8.47. The lowest BCUT2D eigenvalue weighted by Gasteiger charge is -2.03. The van der Waals surface area contributed by atoms with E-state index in [0.717, 1.165) is 5.92 Å². The molecule has 0 heteroatoms. The second-order valence-electron chi connectivity index (χ2n) is 5.81. The van der Waals surface area contributed by atoms with Gasteiger partial charge in [-0.3, -0.25) is 0 Å². The third-order valence-corrected chi connectivity index (χ3v) is 3.68. The van der Waals surface area contributed by atoms with Crippen LogP contribution >= 0.6 is 0 Å². The monoisotopic (exact) mass is 252 g/mol. The summed E-state index contributed by atoms with van der Waals surface area (Å²) in [6, 6.07) is 0. The SMILES string of the molecule is CCCCCCCCCCCC=CC(C)CCC. The smallest absolute Gasteiger partial charge is 0.0262 e. The summed E-state index contributed by atoms with van der Waals surface area (Å²) >= 11 is 0. The van der Waals surface area contributed by atoms with E-state index in [4.69, 9.17) is 0 Å². The van der Waals surface area contributed by atoms with Crippen molar-refractivity contribution in [3.05, 3.63) is 12.2 Å². The van der Waals surface area contributed by atoms with Gasteiger partial charge >= 0.3 is 0 Å². The van der Waals surface area contributed by atoms with E-state index in [2.05, 4.69) is 32.9 Å². The van der Waals surface area contributed by atoms with E-state index in [0.29, 0.717) is 0 Å². The molecule has 0 aliphatic carbocycles.